The number of ether oxygens (including phenoxy) is 1. The third-order valence-electron chi connectivity index (χ3n) is 3.58. The topological polar surface area (TPSA) is 24.5 Å². The molecule has 0 atom stereocenters. The molecule has 0 heterocycles. The van der Waals surface area contributed by atoms with Gasteiger partial charge >= 0.3 is 0 Å². The van der Waals surface area contributed by atoms with Crippen LogP contribution >= 0.6 is 0 Å². The van der Waals surface area contributed by atoms with Gasteiger partial charge in [-0.3, -0.25) is 0 Å². The minimum Gasteiger partial charge on any atom is -0.492 e. The molecule has 3 heteroatoms. The first-order valence-electron chi connectivity index (χ1n) is 8.48. The van der Waals surface area contributed by atoms with Crippen LogP contribution < -0.4 is 15.0 Å². The van der Waals surface area contributed by atoms with Crippen LogP contribution in [-0.2, 0) is 6.54 Å². The normalized spacial score (nSPS) is 10.7. The van der Waals surface area contributed by atoms with Crippen molar-refractivity contribution in [3.05, 3.63) is 23.8 Å². The maximum Gasteiger partial charge on any atom is 0.142 e. The molecule has 1 N–H and O–H groups in total. The summed E-state index contributed by atoms with van der Waals surface area (Å²) in [5, 5.41) is 3.45. The molecule has 120 valence electrons. The summed E-state index contributed by atoms with van der Waals surface area (Å²) in [7, 11) is 0. The predicted molar refractivity (Wildman–Crippen MR) is 92.4 cm³/mol. The van der Waals surface area contributed by atoms with E-state index < -0.39 is 0 Å². The lowest BCUT2D eigenvalue weighted by Gasteiger charge is -2.25. The fraction of sp³-hybridized carbons (Fsp3) is 0.667. The zero-order chi connectivity index (χ0) is 15.5. The first-order chi connectivity index (χ1) is 10.3. The highest BCUT2D eigenvalue weighted by atomic mass is 16.5. The van der Waals surface area contributed by atoms with Crippen LogP contribution in [0.3, 0.4) is 0 Å². The van der Waals surface area contributed by atoms with Gasteiger partial charge in [-0.25, -0.2) is 0 Å². The Labute approximate surface area is 130 Å². The lowest BCUT2D eigenvalue weighted by Crippen LogP contribution is -2.24. The van der Waals surface area contributed by atoms with Crippen molar-refractivity contribution in [1.29, 1.82) is 0 Å². The molecule has 0 fully saturated rings. The smallest absolute Gasteiger partial charge is 0.142 e. The summed E-state index contributed by atoms with van der Waals surface area (Å²) < 4.78 is 5.88. The molecule has 21 heavy (non-hydrogen) atoms. The first kappa shape index (κ1) is 17.8. The molecule has 0 spiro atoms. The van der Waals surface area contributed by atoms with Gasteiger partial charge in [-0.15, -0.1) is 0 Å². The molecule has 0 bridgehead atoms. The van der Waals surface area contributed by atoms with Crippen molar-refractivity contribution in [2.75, 3.05) is 31.1 Å². The standard InChI is InChI=1S/C18H32N2O/c1-5-9-13-20(7-3)17-11-10-16(15-19-12-6-2)14-18(17)21-8-4/h10-11,14,19H,5-9,12-13,15H2,1-4H3. The molecule has 0 radical (unpaired) electrons. The van der Waals surface area contributed by atoms with Crippen LogP contribution in [0.1, 0.15) is 52.5 Å². The van der Waals surface area contributed by atoms with Crippen molar-refractivity contribution in [3.63, 3.8) is 0 Å². The molecule has 0 aromatic heterocycles. The van der Waals surface area contributed by atoms with Crippen LogP contribution in [0.25, 0.3) is 0 Å². The zero-order valence-corrected chi connectivity index (χ0v) is 14.2. The summed E-state index contributed by atoms with van der Waals surface area (Å²) in [6.07, 6.45) is 3.61. The number of benzene rings is 1. The van der Waals surface area contributed by atoms with Crippen molar-refractivity contribution in [2.24, 2.45) is 0 Å². The van der Waals surface area contributed by atoms with E-state index in [2.05, 4.69) is 49.2 Å². The molecule has 0 saturated carbocycles. The summed E-state index contributed by atoms with van der Waals surface area (Å²) >= 11 is 0. The Morgan fingerprint density at radius 3 is 2.52 bits per heavy atom. The number of unbranched alkanes of at least 4 members (excludes halogenated alkanes) is 1. The van der Waals surface area contributed by atoms with E-state index in [0.29, 0.717) is 6.61 Å². The van der Waals surface area contributed by atoms with E-state index in [1.165, 1.54) is 24.1 Å². The summed E-state index contributed by atoms with van der Waals surface area (Å²) in [6, 6.07) is 6.62. The second-order valence-corrected chi connectivity index (χ2v) is 5.35. The summed E-state index contributed by atoms with van der Waals surface area (Å²) in [6.45, 7) is 13.5. The highest BCUT2D eigenvalue weighted by molar-refractivity contribution is 5.59. The SMILES string of the molecule is CCCCN(CC)c1ccc(CNCCC)cc1OCC. The molecule has 0 saturated heterocycles. The minimum atomic E-state index is 0.712. The van der Waals surface area contributed by atoms with Crippen LogP contribution in [0, 0.1) is 0 Å². The van der Waals surface area contributed by atoms with Gasteiger partial charge in [0, 0.05) is 19.6 Å². The quantitative estimate of drug-likeness (QED) is 0.618. The summed E-state index contributed by atoms with van der Waals surface area (Å²) in [4.78, 5) is 2.41. The molecule has 0 aliphatic rings. The van der Waals surface area contributed by atoms with Gasteiger partial charge in [0.1, 0.15) is 5.75 Å². The first-order valence-corrected chi connectivity index (χ1v) is 8.48. The Kier molecular flexibility index (Phi) is 8.91. The molecule has 0 unspecified atom stereocenters. The number of hydrogen-bond donors (Lipinski definition) is 1. The Morgan fingerprint density at radius 2 is 1.90 bits per heavy atom. The molecular formula is C18H32N2O. The van der Waals surface area contributed by atoms with E-state index in [0.717, 1.165) is 38.3 Å². The number of nitrogens with zero attached hydrogens (tertiary/aromatic N) is 1. The molecule has 0 amide bonds. The van der Waals surface area contributed by atoms with Crippen LogP contribution in [-0.4, -0.2) is 26.2 Å². The zero-order valence-electron chi connectivity index (χ0n) is 14.2. The molecule has 0 aliphatic heterocycles. The average Bonchev–Trinajstić information content (AvgIpc) is 2.50. The number of nitrogens with one attached hydrogen (secondary N) is 1. The third-order valence-corrected chi connectivity index (χ3v) is 3.58. The third kappa shape index (κ3) is 5.96. The van der Waals surface area contributed by atoms with E-state index in [-0.39, 0.29) is 0 Å². The number of anilines is 1. The summed E-state index contributed by atoms with van der Waals surface area (Å²) in [5.74, 6) is 1.02. The Balaban J connectivity index is 2.86. The molecule has 1 aromatic rings. The number of hydrogen-bond acceptors (Lipinski definition) is 3. The Hall–Kier alpha value is -1.22. The van der Waals surface area contributed by atoms with Gasteiger partial charge in [0.15, 0.2) is 0 Å². The van der Waals surface area contributed by atoms with E-state index >= 15 is 0 Å². The summed E-state index contributed by atoms with van der Waals surface area (Å²) in [5.41, 5.74) is 2.52. The Bertz CT molecular complexity index is 393. The molecule has 1 aromatic carbocycles. The van der Waals surface area contributed by atoms with Crippen molar-refractivity contribution in [1.82, 2.24) is 5.32 Å². The largest absolute Gasteiger partial charge is 0.492 e. The van der Waals surface area contributed by atoms with Crippen molar-refractivity contribution in [3.8, 4) is 5.75 Å². The molecular weight excluding hydrogens is 260 g/mol. The van der Waals surface area contributed by atoms with Gasteiger partial charge in [0.2, 0.25) is 0 Å². The highest BCUT2D eigenvalue weighted by Crippen LogP contribution is 2.30. The van der Waals surface area contributed by atoms with Crippen LogP contribution in [0.4, 0.5) is 5.69 Å². The van der Waals surface area contributed by atoms with Gasteiger partial charge in [-0.05, 0) is 50.9 Å². The van der Waals surface area contributed by atoms with E-state index in [1.54, 1.807) is 0 Å². The predicted octanol–water partition coefficient (Wildman–Crippen LogP) is 4.21. The minimum absolute atomic E-state index is 0.712. The lowest BCUT2D eigenvalue weighted by atomic mass is 10.1. The molecule has 0 aliphatic carbocycles. The fourth-order valence-corrected chi connectivity index (χ4v) is 2.41. The maximum atomic E-state index is 5.88. The van der Waals surface area contributed by atoms with Crippen molar-refractivity contribution < 1.29 is 4.74 Å². The van der Waals surface area contributed by atoms with Gasteiger partial charge in [0.25, 0.3) is 0 Å². The molecule has 1 rings (SSSR count). The lowest BCUT2D eigenvalue weighted by molar-refractivity contribution is 0.340. The monoisotopic (exact) mass is 292 g/mol. The van der Waals surface area contributed by atoms with Crippen molar-refractivity contribution in [2.45, 2.75) is 53.5 Å². The average molecular weight is 292 g/mol. The van der Waals surface area contributed by atoms with Gasteiger partial charge in [-0.2, -0.15) is 0 Å². The second-order valence-electron chi connectivity index (χ2n) is 5.35. The maximum absolute atomic E-state index is 5.88. The fourth-order valence-electron chi connectivity index (χ4n) is 2.41. The van der Waals surface area contributed by atoms with E-state index in [4.69, 9.17) is 4.74 Å². The van der Waals surface area contributed by atoms with Gasteiger partial charge in [-0.1, -0.05) is 26.3 Å². The van der Waals surface area contributed by atoms with Crippen LogP contribution in [0.15, 0.2) is 18.2 Å². The molecule has 3 nitrogen and oxygen atoms in total. The van der Waals surface area contributed by atoms with E-state index in [9.17, 15) is 0 Å². The van der Waals surface area contributed by atoms with E-state index in [1.807, 2.05) is 6.92 Å². The highest BCUT2D eigenvalue weighted by Gasteiger charge is 2.11. The van der Waals surface area contributed by atoms with Crippen LogP contribution in [0.5, 0.6) is 5.75 Å². The number of rotatable bonds is 11. The van der Waals surface area contributed by atoms with Crippen molar-refractivity contribution >= 4 is 5.69 Å². The van der Waals surface area contributed by atoms with Gasteiger partial charge < -0.3 is 15.0 Å². The Morgan fingerprint density at radius 1 is 1.10 bits per heavy atom. The second kappa shape index (κ2) is 10.5. The van der Waals surface area contributed by atoms with Gasteiger partial charge in [0.05, 0.1) is 12.3 Å². The van der Waals surface area contributed by atoms with Crippen LogP contribution in [0.2, 0.25) is 0 Å².